The lowest BCUT2D eigenvalue weighted by molar-refractivity contribution is 0.0170. The van der Waals surface area contributed by atoms with Gasteiger partial charge in [-0.15, -0.1) is 24.0 Å². The largest absolute Gasteiger partial charge is 0.443 e. The summed E-state index contributed by atoms with van der Waals surface area (Å²) in [5.41, 5.74) is 2.52. The second-order valence-corrected chi connectivity index (χ2v) is 8.75. The van der Waals surface area contributed by atoms with Gasteiger partial charge in [0.05, 0.1) is 32.0 Å². The van der Waals surface area contributed by atoms with Crippen LogP contribution in [0.4, 0.5) is 0 Å². The number of hydrogen-bond acceptors (Lipinski definition) is 5. The number of aromatic nitrogens is 1. The topological polar surface area (TPSA) is 74.9 Å². The Balaban J connectivity index is 0.00000341. The highest BCUT2D eigenvalue weighted by Crippen LogP contribution is 2.23. The number of benzene rings is 1. The lowest BCUT2D eigenvalue weighted by Gasteiger charge is -2.35. The molecule has 1 aliphatic heterocycles. The van der Waals surface area contributed by atoms with Crippen molar-refractivity contribution in [3.63, 3.8) is 0 Å². The summed E-state index contributed by atoms with van der Waals surface area (Å²) >= 11 is 0. The van der Waals surface area contributed by atoms with Gasteiger partial charge in [0.2, 0.25) is 5.89 Å². The lowest BCUT2D eigenvalue weighted by atomic mass is 9.94. The van der Waals surface area contributed by atoms with E-state index in [9.17, 15) is 0 Å². The Hall–Kier alpha value is -1.65. The smallest absolute Gasteiger partial charge is 0.213 e. The third-order valence-corrected chi connectivity index (χ3v) is 5.33. The summed E-state index contributed by atoms with van der Waals surface area (Å²) in [7, 11) is 1.78. The summed E-state index contributed by atoms with van der Waals surface area (Å²) in [6, 6.07) is 9.03. The van der Waals surface area contributed by atoms with Crippen molar-refractivity contribution in [2.75, 3.05) is 39.9 Å². The number of guanidine groups is 1. The van der Waals surface area contributed by atoms with Crippen LogP contribution in [0.15, 0.2) is 39.9 Å². The molecule has 7 nitrogen and oxygen atoms in total. The highest BCUT2D eigenvalue weighted by Gasteiger charge is 2.23. The molecule has 0 spiro atoms. The van der Waals surface area contributed by atoms with Crippen molar-refractivity contribution < 1.29 is 9.15 Å². The number of aryl methyl sites for hydroxylation is 1. The molecule has 0 bridgehead atoms. The Morgan fingerprint density at radius 3 is 2.42 bits per heavy atom. The van der Waals surface area contributed by atoms with Gasteiger partial charge in [-0.25, -0.2) is 4.98 Å². The normalized spacial score (nSPS) is 16.5. The van der Waals surface area contributed by atoms with Gasteiger partial charge in [-0.05, 0) is 12.5 Å². The lowest BCUT2D eigenvalue weighted by Crippen LogP contribution is -2.46. The van der Waals surface area contributed by atoms with Crippen LogP contribution < -0.4 is 10.6 Å². The first kappa shape index (κ1) is 25.6. The summed E-state index contributed by atoms with van der Waals surface area (Å²) in [6.07, 6.45) is 1.80. The molecule has 1 aromatic carbocycles. The number of oxazole rings is 1. The molecular weight excluding hydrogens is 505 g/mol. The molecule has 1 unspecified atom stereocenters. The molecule has 2 N–H and O–H groups in total. The minimum atomic E-state index is -0.0510. The van der Waals surface area contributed by atoms with E-state index in [1.54, 1.807) is 13.2 Å². The summed E-state index contributed by atoms with van der Waals surface area (Å²) < 4.78 is 11.4. The van der Waals surface area contributed by atoms with Crippen molar-refractivity contribution in [2.24, 2.45) is 4.99 Å². The van der Waals surface area contributed by atoms with Crippen LogP contribution in [-0.2, 0) is 16.7 Å². The number of nitrogens with zero attached hydrogens (tertiary/aromatic N) is 3. The number of halogens is 1. The predicted molar refractivity (Wildman–Crippen MR) is 135 cm³/mol. The molecule has 0 aliphatic carbocycles. The molecule has 3 rings (SSSR count). The highest BCUT2D eigenvalue weighted by atomic mass is 127. The van der Waals surface area contributed by atoms with Crippen molar-refractivity contribution in [1.29, 1.82) is 0 Å². The van der Waals surface area contributed by atoms with Crippen LogP contribution in [0.1, 0.15) is 49.6 Å². The number of rotatable bonds is 6. The fourth-order valence-electron chi connectivity index (χ4n) is 3.45. The molecule has 1 atom stereocenters. The molecule has 2 heterocycles. The molecule has 1 saturated heterocycles. The standard InChI is InChI=1S/C23H35N5O2.HI/c1-17-6-8-18(9-7-17)19(28-10-12-29-13-11-28)14-26-22(24-5)27-16-21-25-15-20(30-21)23(2,3)4;/h6-9,15,19H,10-14,16H2,1-5H3,(H2,24,26,27);1H. The molecule has 31 heavy (non-hydrogen) atoms. The maximum absolute atomic E-state index is 5.87. The van der Waals surface area contributed by atoms with E-state index in [-0.39, 0.29) is 35.4 Å². The highest BCUT2D eigenvalue weighted by molar-refractivity contribution is 14.0. The minimum Gasteiger partial charge on any atom is -0.443 e. The fourth-order valence-corrected chi connectivity index (χ4v) is 3.45. The summed E-state index contributed by atoms with van der Waals surface area (Å²) in [5, 5.41) is 6.78. The van der Waals surface area contributed by atoms with Gasteiger partial charge in [-0.2, -0.15) is 0 Å². The number of aliphatic imine (C=N–C) groups is 1. The Kier molecular flexibility index (Phi) is 9.77. The fraction of sp³-hybridized carbons (Fsp3) is 0.565. The zero-order valence-corrected chi connectivity index (χ0v) is 21.6. The second-order valence-electron chi connectivity index (χ2n) is 8.75. The van der Waals surface area contributed by atoms with Crippen LogP contribution in [0.3, 0.4) is 0 Å². The van der Waals surface area contributed by atoms with Crippen LogP contribution in [0.5, 0.6) is 0 Å². The molecule has 0 amide bonds. The van der Waals surface area contributed by atoms with E-state index in [4.69, 9.17) is 9.15 Å². The maximum Gasteiger partial charge on any atom is 0.213 e. The Morgan fingerprint density at radius 2 is 1.84 bits per heavy atom. The van der Waals surface area contributed by atoms with Crippen LogP contribution in [0, 0.1) is 6.92 Å². The minimum absolute atomic E-state index is 0. The van der Waals surface area contributed by atoms with Crippen molar-refractivity contribution in [1.82, 2.24) is 20.5 Å². The van der Waals surface area contributed by atoms with Gasteiger partial charge in [-0.3, -0.25) is 9.89 Å². The van der Waals surface area contributed by atoms with E-state index < -0.39 is 0 Å². The number of hydrogen-bond donors (Lipinski definition) is 2. The van der Waals surface area contributed by atoms with Gasteiger partial charge in [0.1, 0.15) is 5.76 Å². The average Bonchev–Trinajstić information content (AvgIpc) is 3.22. The summed E-state index contributed by atoms with van der Waals surface area (Å²) in [5.74, 6) is 2.27. The monoisotopic (exact) mass is 541 g/mol. The third kappa shape index (κ3) is 7.47. The van der Waals surface area contributed by atoms with E-state index >= 15 is 0 Å². The first-order chi connectivity index (χ1) is 14.4. The second kappa shape index (κ2) is 11.8. The molecular formula is C23H36IN5O2. The Labute approximate surface area is 203 Å². The van der Waals surface area contributed by atoms with Gasteiger partial charge in [-0.1, -0.05) is 50.6 Å². The molecule has 1 aliphatic rings. The van der Waals surface area contributed by atoms with Crippen molar-refractivity contribution in [3.8, 4) is 0 Å². The van der Waals surface area contributed by atoms with E-state index in [1.165, 1.54) is 11.1 Å². The Bertz CT molecular complexity index is 823. The van der Waals surface area contributed by atoms with E-state index in [1.807, 2.05) is 0 Å². The number of nitrogens with one attached hydrogen (secondary N) is 2. The van der Waals surface area contributed by atoms with Crippen molar-refractivity contribution in [3.05, 3.63) is 53.2 Å². The number of morpholine rings is 1. The maximum atomic E-state index is 5.87. The molecule has 0 saturated carbocycles. The quantitative estimate of drug-likeness (QED) is 0.331. The van der Waals surface area contributed by atoms with Crippen molar-refractivity contribution in [2.45, 2.75) is 45.7 Å². The number of ether oxygens (including phenoxy) is 1. The van der Waals surface area contributed by atoms with Gasteiger partial charge in [0.15, 0.2) is 5.96 Å². The van der Waals surface area contributed by atoms with Crippen LogP contribution in [-0.4, -0.2) is 55.7 Å². The van der Waals surface area contributed by atoms with Crippen LogP contribution in [0.2, 0.25) is 0 Å². The predicted octanol–water partition coefficient (Wildman–Crippen LogP) is 3.64. The summed E-state index contributed by atoms with van der Waals surface area (Å²) in [4.78, 5) is 11.2. The van der Waals surface area contributed by atoms with E-state index in [2.05, 4.69) is 77.5 Å². The molecule has 1 fully saturated rings. The van der Waals surface area contributed by atoms with Gasteiger partial charge in [0.25, 0.3) is 0 Å². The van der Waals surface area contributed by atoms with Crippen molar-refractivity contribution >= 4 is 29.9 Å². The van der Waals surface area contributed by atoms with Crippen LogP contribution in [0.25, 0.3) is 0 Å². The first-order valence-electron chi connectivity index (χ1n) is 10.6. The average molecular weight is 541 g/mol. The summed E-state index contributed by atoms with van der Waals surface area (Å²) in [6.45, 7) is 13.1. The van der Waals surface area contributed by atoms with Gasteiger partial charge in [0, 0.05) is 32.1 Å². The molecule has 1 aromatic heterocycles. The molecule has 0 radical (unpaired) electrons. The Morgan fingerprint density at radius 1 is 1.16 bits per heavy atom. The zero-order chi connectivity index (χ0) is 21.6. The van der Waals surface area contributed by atoms with Crippen LogP contribution >= 0.6 is 24.0 Å². The first-order valence-corrected chi connectivity index (χ1v) is 10.6. The molecule has 172 valence electrons. The van der Waals surface area contributed by atoms with E-state index in [0.717, 1.165) is 44.6 Å². The van der Waals surface area contributed by atoms with Gasteiger partial charge < -0.3 is 19.8 Å². The zero-order valence-electron chi connectivity index (χ0n) is 19.3. The molecule has 2 aromatic rings. The third-order valence-electron chi connectivity index (χ3n) is 5.33. The van der Waals surface area contributed by atoms with E-state index in [0.29, 0.717) is 12.4 Å². The van der Waals surface area contributed by atoms with Gasteiger partial charge >= 0.3 is 0 Å². The molecule has 8 heteroatoms. The SMILES string of the molecule is CN=C(NCc1ncc(C(C)(C)C)o1)NCC(c1ccc(C)cc1)N1CCOCC1.I.